The van der Waals surface area contributed by atoms with E-state index in [9.17, 15) is 56.7 Å². The summed E-state index contributed by atoms with van der Waals surface area (Å²) in [6.45, 7) is -0.906. The maximum atomic E-state index is 13.3. The molecular weight excluding hydrogens is 350 g/mol. The van der Waals surface area contributed by atoms with Gasteiger partial charge < -0.3 is 0 Å². The van der Waals surface area contributed by atoms with Crippen molar-refractivity contribution in [2.24, 2.45) is 0 Å². The Morgan fingerprint density at radius 1 is 0.650 bits per heavy atom. The van der Waals surface area contributed by atoms with E-state index in [4.69, 9.17) is 0 Å². The summed E-state index contributed by atoms with van der Waals surface area (Å²) in [7, 11) is -10.6. The summed E-state index contributed by atoms with van der Waals surface area (Å²) >= 11 is 0. The van der Waals surface area contributed by atoms with Crippen LogP contribution in [0.25, 0.3) is 0 Å². The van der Waals surface area contributed by atoms with E-state index >= 15 is 0 Å². The zero-order valence-electron chi connectivity index (χ0n) is 8.94. The van der Waals surface area contributed by atoms with Crippen LogP contribution in [0.15, 0.2) is 0 Å². The Morgan fingerprint density at radius 2 is 0.850 bits per heavy atom. The normalized spacial score (nSPS) is 19.4. The molecule has 0 heterocycles. The van der Waals surface area contributed by atoms with Crippen LogP contribution in [0.1, 0.15) is 6.92 Å². The molecular formula is C6H4F13P. The summed E-state index contributed by atoms with van der Waals surface area (Å²) in [5.41, 5.74) is -15.7. The molecule has 20 heavy (non-hydrogen) atoms. The number of hydrogen-bond acceptors (Lipinski definition) is 0. The van der Waals surface area contributed by atoms with Crippen LogP contribution in [-0.2, 0) is 0 Å². The molecule has 0 nitrogen and oxygen atoms in total. The molecule has 0 rings (SSSR count). The number of hydrogen-bond donors (Lipinski definition) is 0. The fourth-order valence-electron chi connectivity index (χ4n) is 1.09. The van der Waals surface area contributed by atoms with E-state index in [2.05, 4.69) is 0 Å². The molecule has 0 saturated heterocycles. The molecule has 0 saturated carbocycles. The zero-order valence-corrected chi connectivity index (χ0v) is 9.83. The third kappa shape index (κ3) is 1.95. The van der Waals surface area contributed by atoms with Crippen molar-refractivity contribution < 1.29 is 56.7 Å². The molecule has 0 aliphatic rings. The monoisotopic (exact) mass is 354 g/mol. The summed E-state index contributed by atoms with van der Waals surface area (Å²) in [5, 5.41) is 0. The number of rotatable bonds is 3. The van der Waals surface area contributed by atoms with Gasteiger partial charge in [0.1, 0.15) is 0 Å². The first-order valence-corrected chi connectivity index (χ1v) is 6.32. The van der Waals surface area contributed by atoms with Crippen LogP contribution in [0.2, 0.25) is 0 Å². The van der Waals surface area contributed by atoms with Crippen molar-refractivity contribution in [3.63, 3.8) is 0 Å². The van der Waals surface area contributed by atoms with Crippen LogP contribution >= 0.6 is 7.22 Å². The molecule has 0 aromatic rings. The second kappa shape index (κ2) is 4.26. The van der Waals surface area contributed by atoms with Crippen molar-refractivity contribution in [2.75, 3.05) is 0 Å². The number of halogens is 13. The first-order valence-electron chi connectivity index (χ1n) is 4.23. The van der Waals surface area contributed by atoms with Crippen molar-refractivity contribution in [3.8, 4) is 0 Å². The molecule has 0 spiro atoms. The van der Waals surface area contributed by atoms with Gasteiger partial charge in [0.05, 0.1) is 0 Å². The first-order chi connectivity index (χ1) is 8.25. The van der Waals surface area contributed by atoms with Crippen LogP contribution < -0.4 is 0 Å². The third-order valence-corrected chi connectivity index (χ3v) is 6.15. The van der Waals surface area contributed by atoms with Crippen molar-refractivity contribution >= 4 is 7.22 Å². The molecule has 1 unspecified atom stereocenters. The van der Waals surface area contributed by atoms with E-state index in [-0.39, 0.29) is 0 Å². The van der Waals surface area contributed by atoms with Crippen LogP contribution in [-0.4, -0.2) is 29.6 Å². The van der Waals surface area contributed by atoms with Crippen LogP contribution in [0.5, 0.6) is 0 Å². The van der Waals surface area contributed by atoms with E-state index in [0.29, 0.717) is 0 Å². The molecule has 14 heteroatoms. The standard InChI is InChI=1S/C6H4F13P/c1-2(7)20(18,19,5(14,15)3(8,9)10)6(16,17)4(11,12)13/h2H,1H3. The Hall–Kier alpha value is -0.480. The Labute approximate surface area is 102 Å². The van der Waals surface area contributed by atoms with Crippen LogP contribution in [0.4, 0.5) is 56.7 Å². The minimum atomic E-state index is -10.6. The summed E-state index contributed by atoms with van der Waals surface area (Å²) < 4.78 is 160. The molecule has 0 fully saturated rings. The molecule has 0 amide bonds. The summed E-state index contributed by atoms with van der Waals surface area (Å²) in [6.07, 6.45) is -15.0. The molecule has 0 aromatic heterocycles. The van der Waals surface area contributed by atoms with E-state index in [1.165, 1.54) is 0 Å². The van der Waals surface area contributed by atoms with Crippen LogP contribution in [0.3, 0.4) is 0 Å². The molecule has 1 atom stereocenters. The van der Waals surface area contributed by atoms with Gasteiger partial charge in [0, 0.05) is 0 Å². The van der Waals surface area contributed by atoms with Crippen molar-refractivity contribution in [3.05, 3.63) is 0 Å². The van der Waals surface area contributed by atoms with E-state index in [0.717, 1.165) is 0 Å². The summed E-state index contributed by atoms with van der Waals surface area (Å²) in [6, 6.07) is 0. The van der Waals surface area contributed by atoms with E-state index in [1.54, 1.807) is 0 Å². The topological polar surface area (TPSA) is 0 Å². The fourth-order valence-corrected chi connectivity index (χ4v) is 3.26. The fraction of sp³-hybridized carbons (Fsp3) is 1.00. The van der Waals surface area contributed by atoms with Crippen molar-refractivity contribution in [1.29, 1.82) is 0 Å². The molecule has 0 N–H and O–H groups in total. The summed E-state index contributed by atoms with van der Waals surface area (Å²) in [5.74, 6) is -5.05. The van der Waals surface area contributed by atoms with Gasteiger partial charge in [-0.25, -0.2) is 0 Å². The first kappa shape index (κ1) is 19.5. The second-order valence-electron chi connectivity index (χ2n) is 3.62. The average molecular weight is 354 g/mol. The summed E-state index contributed by atoms with van der Waals surface area (Å²) in [4.78, 5) is 0. The predicted octanol–water partition coefficient (Wildman–Crippen LogP) is 5.93. The van der Waals surface area contributed by atoms with Gasteiger partial charge >= 0.3 is 100 Å². The Balaban J connectivity index is 6.67. The van der Waals surface area contributed by atoms with Crippen molar-refractivity contribution in [2.45, 2.75) is 36.5 Å². The zero-order chi connectivity index (χ0) is 17.0. The molecule has 0 aromatic carbocycles. The van der Waals surface area contributed by atoms with Crippen molar-refractivity contribution in [1.82, 2.24) is 0 Å². The van der Waals surface area contributed by atoms with Gasteiger partial charge in [0.2, 0.25) is 0 Å². The van der Waals surface area contributed by atoms with E-state index < -0.39 is 43.7 Å². The SMILES string of the molecule is CC(F)P(F)(F)(C(F)(F)C(F)(F)F)C(F)(F)C(F)(F)F. The Morgan fingerprint density at radius 3 is 0.950 bits per heavy atom. The number of alkyl halides is 11. The second-order valence-corrected chi connectivity index (χ2v) is 7.39. The van der Waals surface area contributed by atoms with E-state index in [1.807, 2.05) is 0 Å². The molecule has 0 bridgehead atoms. The molecule has 124 valence electrons. The molecule has 0 aliphatic carbocycles. The van der Waals surface area contributed by atoms with Gasteiger partial charge in [-0.2, -0.15) is 0 Å². The van der Waals surface area contributed by atoms with Gasteiger partial charge in [-0.15, -0.1) is 0 Å². The minimum absolute atomic E-state index is 0.906. The average Bonchev–Trinajstić information content (AvgIpc) is 2.13. The maximum absolute atomic E-state index is 13.3. The predicted molar refractivity (Wildman–Crippen MR) is 41.7 cm³/mol. The van der Waals surface area contributed by atoms with Crippen LogP contribution in [0, 0.1) is 0 Å². The third-order valence-electron chi connectivity index (χ3n) is 2.34. The van der Waals surface area contributed by atoms with Gasteiger partial charge in [-0.3, -0.25) is 0 Å². The Bertz CT molecular complexity index is 343. The molecule has 0 aliphatic heterocycles. The van der Waals surface area contributed by atoms with Gasteiger partial charge in [0.25, 0.3) is 0 Å². The van der Waals surface area contributed by atoms with Gasteiger partial charge in [0.15, 0.2) is 0 Å². The van der Waals surface area contributed by atoms with Gasteiger partial charge in [-0.05, 0) is 0 Å². The van der Waals surface area contributed by atoms with Gasteiger partial charge in [-0.1, -0.05) is 0 Å². The molecule has 0 radical (unpaired) electrons. The Kier molecular flexibility index (Phi) is 4.16. The quantitative estimate of drug-likeness (QED) is 0.435.